The van der Waals surface area contributed by atoms with Crippen LogP contribution in [0.1, 0.15) is 45.4 Å². The van der Waals surface area contributed by atoms with Crippen LogP contribution in [0.3, 0.4) is 0 Å². The molecule has 1 rings (SSSR count). The molecule has 0 aromatic heterocycles. The van der Waals surface area contributed by atoms with Gasteiger partial charge >= 0.3 is 12.0 Å². The summed E-state index contributed by atoms with van der Waals surface area (Å²) < 4.78 is 0. The minimum atomic E-state index is -0.894. The summed E-state index contributed by atoms with van der Waals surface area (Å²) in [4.78, 5) is 24.1. The zero-order valence-electron chi connectivity index (χ0n) is 12.6. The third kappa shape index (κ3) is 5.39. The number of nitrogens with zero attached hydrogens (tertiary/aromatic N) is 1. The maximum absolute atomic E-state index is 12.0. The van der Waals surface area contributed by atoms with Crippen molar-refractivity contribution in [2.45, 2.75) is 51.5 Å². The number of nitrogens with one attached hydrogen (secondary N) is 1. The van der Waals surface area contributed by atoms with Gasteiger partial charge in [0, 0.05) is 19.6 Å². The molecule has 0 radical (unpaired) electrons. The summed E-state index contributed by atoms with van der Waals surface area (Å²) in [6, 6.07) is 0.0842. The van der Waals surface area contributed by atoms with Gasteiger partial charge in [-0.25, -0.2) is 4.79 Å². The van der Waals surface area contributed by atoms with Gasteiger partial charge in [0.1, 0.15) is 0 Å². The Bertz CT molecular complexity index is 331. The third-order valence-electron chi connectivity index (χ3n) is 4.27. The van der Waals surface area contributed by atoms with Crippen LogP contribution in [-0.2, 0) is 4.79 Å². The minimum Gasteiger partial charge on any atom is -0.481 e. The molecular formula is C15H27N2O3-. The van der Waals surface area contributed by atoms with Gasteiger partial charge in [-0.1, -0.05) is 32.1 Å². The van der Waals surface area contributed by atoms with Gasteiger partial charge in [0.15, 0.2) is 0 Å². The van der Waals surface area contributed by atoms with Crippen molar-refractivity contribution in [1.82, 2.24) is 10.2 Å². The number of carbonyl (C=O) groups excluding carboxylic acids is 1. The molecule has 1 aliphatic rings. The summed E-state index contributed by atoms with van der Waals surface area (Å²) in [5.41, 5.74) is 0. The quantitative estimate of drug-likeness (QED) is 0.601. The summed E-state index contributed by atoms with van der Waals surface area (Å²) >= 11 is 0. The van der Waals surface area contributed by atoms with Crippen LogP contribution in [0, 0.1) is 18.8 Å². The Morgan fingerprint density at radius 3 is 2.65 bits per heavy atom. The first-order chi connectivity index (χ1) is 9.41. The molecule has 0 heterocycles. The third-order valence-corrected chi connectivity index (χ3v) is 4.27. The largest absolute Gasteiger partial charge is 0.481 e. The Morgan fingerprint density at radius 1 is 1.35 bits per heavy atom. The monoisotopic (exact) mass is 283 g/mol. The van der Waals surface area contributed by atoms with Gasteiger partial charge in [-0.05, 0) is 12.8 Å². The molecule has 116 valence electrons. The highest BCUT2D eigenvalue weighted by Crippen LogP contribution is 2.30. The van der Waals surface area contributed by atoms with Gasteiger partial charge in [-0.3, -0.25) is 4.79 Å². The molecule has 20 heavy (non-hydrogen) atoms. The molecule has 2 N–H and O–H groups in total. The molecule has 5 nitrogen and oxygen atoms in total. The van der Waals surface area contributed by atoms with Crippen molar-refractivity contribution in [1.29, 1.82) is 0 Å². The molecule has 0 aromatic carbocycles. The van der Waals surface area contributed by atoms with E-state index in [-0.39, 0.29) is 25.0 Å². The SMILES string of the molecule is [CH2-]C(C)C1CCCC(N(C)C(=O)NCCC(=O)O)CC1. The van der Waals surface area contributed by atoms with Gasteiger partial charge < -0.3 is 22.2 Å². The first-order valence-corrected chi connectivity index (χ1v) is 7.47. The lowest BCUT2D eigenvalue weighted by atomic mass is 9.89. The predicted molar refractivity (Wildman–Crippen MR) is 78.3 cm³/mol. The van der Waals surface area contributed by atoms with E-state index in [2.05, 4.69) is 19.2 Å². The Morgan fingerprint density at radius 2 is 2.05 bits per heavy atom. The van der Waals surface area contributed by atoms with Crippen molar-refractivity contribution >= 4 is 12.0 Å². The molecule has 1 fully saturated rings. The molecule has 2 amide bonds. The van der Waals surface area contributed by atoms with Crippen LogP contribution in [-0.4, -0.2) is 41.6 Å². The van der Waals surface area contributed by atoms with E-state index in [9.17, 15) is 9.59 Å². The number of aliphatic carboxylic acids is 1. The van der Waals surface area contributed by atoms with E-state index in [1.54, 1.807) is 11.9 Å². The van der Waals surface area contributed by atoms with Crippen molar-refractivity contribution in [3.05, 3.63) is 6.92 Å². The fourth-order valence-corrected chi connectivity index (χ4v) is 2.83. The van der Waals surface area contributed by atoms with Gasteiger partial charge in [-0.15, -0.1) is 0 Å². The van der Waals surface area contributed by atoms with E-state index in [1.165, 1.54) is 6.42 Å². The predicted octanol–water partition coefficient (Wildman–Crippen LogP) is 2.52. The molecule has 5 heteroatoms. The van der Waals surface area contributed by atoms with Gasteiger partial charge in [0.25, 0.3) is 0 Å². The highest BCUT2D eigenvalue weighted by molar-refractivity contribution is 5.75. The maximum atomic E-state index is 12.0. The van der Waals surface area contributed by atoms with E-state index < -0.39 is 5.97 Å². The van der Waals surface area contributed by atoms with Crippen LogP contribution < -0.4 is 5.32 Å². The summed E-state index contributed by atoms with van der Waals surface area (Å²) in [7, 11) is 1.80. The number of amides is 2. The minimum absolute atomic E-state index is 0.0364. The Kier molecular flexibility index (Phi) is 6.82. The molecule has 1 saturated carbocycles. The molecule has 0 aliphatic heterocycles. The summed E-state index contributed by atoms with van der Waals surface area (Å²) in [5.74, 6) is 0.224. The van der Waals surface area contributed by atoms with Crippen LogP contribution in [0.25, 0.3) is 0 Å². The number of urea groups is 1. The normalized spacial score (nSPS) is 24.6. The van der Waals surface area contributed by atoms with Crippen molar-refractivity contribution in [3.8, 4) is 0 Å². The van der Waals surface area contributed by atoms with E-state index in [0.717, 1.165) is 25.7 Å². The van der Waals surface area contributed by atoms with Crippen LogP contribution >= 0.6 is 0 Å². The Labute approximate surface area is 121 Å². The Balaban J connectivity index is 2.40. The summed E-state index contributed by atoms with van der Waals surface area (Å²) in [6.07, 6.45) is 5.42. The van der Waals surface area contributed by atoms with Crippen LogP contribution in [0.5, 0.6) is 0 Å². The van der Waals surface area contributed by atoms with Crippen LogP contribution in [0.4, 0.5) is 4.79 Å². The number of carbonyl (C=O) groups is 2. The second-order valence-electron chi connectivity index (χ2n) is 5.89. The number of hydrogen-bond donors (Lipinski definition) is 2. The topological polar surface area (TPSA) is 69.6 Å². The maximum Gasteiger partial charge on any atom is 0.317 e. The van der Waals surface area contributed by atoms with Crippen molar-refractivity contribution in [2.24, 2.45) is 11.8 Å². The molecule has 0 bridgehead atoms. The number of rotatable bonds is 5. The molecule has 3 unspecified atom stereocenters. The average Bonchev–Trinajstić information content (AvgIpc) is 2.62. The zero-order valence-corrected chi connectivity index (χ0v) is 12.6. The standard InChI is InChI=1S/C15H27N2O3/c1-11(2)12-5-4-6-13(8-7-12)17(3)15(20)16-10-9-14(18)19/h11-13H,1,4-10H2,2-3H3,(H,16,20)(H,18,19)/q-1. The number of carboxylic acids is 1. The second-order valence-corrected chi connectivity index (χ2v) is 5.89. The molecule has 0 spiro atoms. The molecular weight excluding hydrogens is 256 g/mol. The molecule has 0 aromatic rings. The van der Waals surface area contributed by atoms with E-state index >= 15 is 0 Å². The van der Waals surface area contributed by atoms with Crippen LogP contribution in [0.15, 0.2) is 0 Å². The van der Waals surface area contributed by atoms with E-state index in [0.29, 0.717) is 11.8 Å². The highest BCUT2D eigenvalue weighted by atomic mass is 16.4. The van der Waals surface area contributed by atoms with Gasteiger partial charge in [0.2, 0.25) is 0 Å². The van der Waals surface area contributed by atoms with Gasteiger partial charge in [0.05, 0.1) is 6.42 Å². The molecule has 3 atom stereocenters. The van der Waals surface area contributed by atoms with E-state index in [4.69, 9.17) is 5.11 Å². The lowest BCUT2D eigenvalue weighted by molar-refractivity contribution is -0.136. The van der Waals surface area contributed by atoms with E-state index in [1.807, 2.05) is 0 Å². The summed E-state index contributed by atoms with van der Waals surface area (Å²) in [6.45, 7) is 6.46. The lowest BCUT2D eigenvalue weighted by Gasteiger charge is -2.28. The smallest absolute Gasteiger partial charge is 0.317 e. The lowest BCUT2D eigenvalue weighted by Crippen LogP contribution is -2.44. The fraction of sp³-hybridized carbons (Fsp3) is 0.800. The van der Waals surface area contributed by atoms with Gasteiger partial charge in [-0.2, -0.15) is 5.92 Å². The zero-order chi connectivity index (χ0) is 15.1. The van der Waals surface area contributed by atoms with Crippen molar-refractivity contribution in [2.75, 3.05) is 13.6 Å². The highest BCUT2D eigenvalue weighted by Gasteiger charge is 2.24. The summed E-state index contributed by atoms with van der Waals surface area (Å²) in [5, 5.41) is 11.2. The first-order valence-electron chi connectivity index (χ1n) is 7.47. The average molecular weight is 283 g/mol. The van der Waals surface area contributed by atoms with Crippen molar-refractivity contribution in [3.63, 3.8) is 0 Å². The second kappa shape index (κ2) is 8.12. The molecule has 0 saturated heterocycles. The van der Waals surface area contributed by atoms with Crippen LogP contribution in [0.2, 0.25) is 0 Å². The number of carboxylic acid groups (broad SMARTS) is 1. The number of hydrogen-bond acceptors (Lipinski definition) is 2. The first kappa shape index (κ1) is 16.8. The fourth-order valence-electron chi connectivity index (χ4n) is 2.83. The Hall–Kier alpha value is -1.26. The van der Waals surface area contributed by atoms with Crippen molar-refractivity contribution < 1.29 is 14.7 Å². The molecule has 1 aliphatic carbocycles.